The number of carbonyl (C=O) groups is 2. The molecule has 8 nitrogen and oxygen atoms in total. The molecule has 0 fully saturated rings. The minimum Gasteiger partial charge on any atom is -0.467 e. The van der Waals surface area contributed by atoms with E-state index in [9.17, 15) is 14.9 Å². The third-order valence-electron chi connectivity index (χ3n) is 4.54. The number of hydrogen-bond donors (Lipinski definition) is 1. The summed E-state index contributed by atoms with van der Waals surface area (Å²) in [6, 6.07) is 5.61. The molecule has 1 amide bonds. The van der Waals surface area contributed by atoms with E-state index in [4.69, 9.17) is 44.0 Å². The Morgan fingerprint density at radius 3 is 2.68 bits per heavy atom. The lowest BCUT2D eigenvalue weighted by Gasteiger charge is -2.12. The van der Waals surface area contributed by atoms with Crippen LogP contribution in [0, 0.1) is 25.2 Å². The van der Waals surface area contributed by atoms with Crippen LogP contribution >= 0.6 is 34.8 Å². The molecule has 0 radical (unpaired) electrons. The number of aromatic nitrogens is 2. The molecule has 0 unspecified atom stereocenters. The van der Waals surface area contributed by atoms with Crippen LogP contribution in [-0.4, -0.2) is 28.0 Å². The minimum atomic E-state index is -0.947. The van der Waals surface area contributed by atoms with Gasteiger partial charge in [-0.15, -0.1) is 0 Å². The fourth-order valence-corrected chi connectivity index (χ4v) is 3.40. The van der Waals surface area contributed by atoms with Gasteiger partial charge in [-0.25, -0.2) is 9.78 Å². The van der Waals surface area contributed by atoms with E-state index in [1.807, 2.05) is 6.92 Å². The molecule has 0 atom stereocenters. The Morgan fingerprint density at radius 2 is 2.03 bits per heavy atom. The van der Waals surface area contributed by atoms with Crippen LogP contribution in [0.1, 0.15) is 33.1 Å². The smallest absolute Gasteiger partial charge is 0.359 e. The maximum atomic E-state index is 12.5. The second-order valence-electron chi connectivity index (χ2n) is 6.42. The molecule has 11 heteroatoms. The van der Waals surface area contributed by atoms with Crippen molar-refractivity contribution in [2.24, 2.45) is 0 Å². The highest BCUT2D eigenvalue weighted by Crippen LogP contribution is 2.31. The minimum absolute atomic E-state index is 0.0462. The van der Waals surface area contributed by atoms with E-state index in [2.05, 4.69) is 16.4 Å². The molecular weight excluding hydrogens is 467 g/mol. The van der Waals surface area contributed by atoms with E-state index in [1.54, 1.807) is 23.6 Å². The van der Waals surface area contributed by atoms with E-state index in [-0.39, 0.29) is 26.6 Å². The quantitative estimate of drug-likeness (QED) is 0.508. The van der Waals surface area contributed by atoms with Crippen LogP contribution < -0.4 is 5.32 Å². The molecule has 0 aromatic carbocycles. The molecule has 3 aromatic rings. The van der Waals surface area contributed by atoms with Gasteiger partial charge in [0, 0.05) is 11.9 Å². The molecule has 0 spiro atoms. The number of amides is 1. The topological polar surface area (TPSA) is 110 Å². The van der Waals surface area contributed by atoms with Gasteiger partial charge in [0.2, 0.25) is 0 Å². The number of carbonyl (C=O) groups excluding carboxylic acids is 2. The summed E-state index contributed by atoms with van der Waals surface area (Å²) in [5.41, 5.74) is 1.53. The van der Waals surface area contributed by atoms with Gasteiger partial charge in [-0.05, 0) is 31.5 Å². The molecule has 3 rings (SSSR count). The van der Waals surface area contributed by atoms with Gasteiger partial charge < -0.3 is 19.0 Å². The van der Waals surface area contributed by atoms with E-state index in [1.165, 1.54) is 6.26 Å². The predicted octanol–water partition coefficient (Wildman–Crippen LogP) is 4.77. The Bertz CT molecular complexity index is 1200. The van der Waals surface area contributed by atoms with Gasteiger partial charge in [-0.3, -0.25) is 4.79 Å². The Labute approximate surface area is 192 Å². The Morgan fingerprint density at radius 1 is 1.29 bits per heavy atom. The van der Waals surface area contributed by atoms with Crippen molar-refractivity contribution >= 4 is 52.5 Å². The van der Waals surface area contributed by atoms with Crippen LogP contribution in [0.2, 0.25) is 15.1 Å². The van der Waals surface area contributed by atoms with Crippen LogP contribution in [0.4, 0.5) is 5.82 Å². The monoisotopic (exact) mass is 480 g/mol. The van der Waals surface area contributed by atoms with Crippen molar-refractivity contribution in [3.63, 3.8) is 0 Å². The number of ether oxygens (including phenoxy) is 1. The number of nitriles is 1. The first-order valence-corrected chi connectivity index (χ1v) is 9.96. The second-order valence-corrected chi connectivity index (χ2v) is 7.58. The highest BCUT2D eigenvalue weighted by Gasteiger charge is 2.22. The van der Waals surface area contributed by atoms with Crippen LogP contribution in [0.25, 0.3) is 0 Å². The number of furan rings is 1. The van der Waals surface area contributed by atoms with Crippen molar-refractivity contribution in [2.75, 3.05) is 11.9 Å². The lowest BCUT2D eigenvalue weighted by Crippen LogP contribution is -2.23. The molecule has 1 N–H and O–H groups in total. The van der Waals surface area contributed by atoms with Crippen molar-refractivity contribution in [3.05, 3.63) is 67.9 Å². The average Bonchev–Trinajstić information content (AvgIpc) is 3.33. The van der Waals surface area contributed by atoms with E-state index >= 15 is 0 Å². The van der Waals surface area contributed by atoms with Crippen molar-refractivity contribution in [1.82, 2.24) is 9.55 Å². The van der Waals surface area contributed by atoms with Crippen molar-refractivity contribution in [2.45, 2.75) is 20.4 Å². The van der Waals surface area contributed by atoms with Crippen LogP contribution in [0.15, 0.2) is 29.0 Å². The lowest BCUT2D eigenvalue weighted by molar-refractivity contribution is -0.119. The molecule has 3 heterocycles. The third kappa shape index (κ3) is 4.69. The van der Waals surface area contributed by atoms with E-state index in [0.29, 0.717) is 23.4 Å². The van der Waals surface area contributed by atoms with Gasteiger partial charge in [0.05, 0.1) is 33.4 Å². The zero-order valence-corrected chi connectivity index (χ0v) is 18.6. The fraction of sp³-hybridized carbons (Fsp3) is 0.200. The number of halogens is 3. The Balaban J connectivity index is 1.76. The highest BCUT2D eigenvalue weighted by molar-refractivity contribution is 6.48. The van der Waals surface area contributed by atoms with Gasteiger partial charge >= 0.3 is 5.97 Å². The first kappa shape index (κ1) is 22.7. The number of anilines is 1. The molecule has 0 aliphatic heterocycles. The number of rotatable bonds is 6. The largest absolute Gasteiger partial charge is 0.467 e. The molecular formula is C20H15Cl3N4O4. The Hall–Kier alpha value is -2.99. The van der Waals surface area contributed by atoms with Gasteiger partial charge in [0.1, 0.15) is 17.6 Å². The summed E-state index contributed by atoms with van der Waals surface area (Å²) < 4.78 is 12.1. The maximum Gasteiger partial charge on any atom is 0.359 e. The van der Waals surface area contributed by atoms with Crippen LogP contribution in [-0.2, 0) is 16.1 Å². The van der Waals surface area contributed by atoms with Crippen molar-refractivity contribution in [3.8, 4) is 6.07 Å². The molecule has 0 aliphatic rings. The van der Waals surface area contributed by atoms with Gasteiger partial charge in [-0.1, -0.05) is 34.8 Å². The summed E-state index contributed by atoms with van der Waals surface area (Å²) in [6.45, 7) is 3.28. The van der Waals surface area contributed by atoms with E-state index in [0.717, 1.165) is 11.9 Å². The first-order valence-electron chi connectivity index (χ1n) is 8.83. The fourth-order valence-electron chi connectivity index (χ4n) is 2.84. The summed E-state index contributed by atoms with van der Waals surface area (Å²) in [5.74, 6) is -0.678. The second kappa shape index (κ2) is 9.43. The number of pyridine rings is 1. The van der Waals surface area contributed by atoms with Crippen molar-refractivity contribution in [1.29, 1.82) is 5.26 Å². The molecule has 0 aliphatic carbocycles. The summed E-state index contributed by atoms with van der Waals surface area (Å²) in [4.78, 5) is 28.5. The van der Waals surface area contributed by atoms with Gasteiger partial charge in [-0.2, -0.15) is 5.26 Å². The summed E-state index contributed by atoms with van der Waals surface area (Å²) >= 11 is 17.6. The maximum absolute atomic E-state index is 12.5. The molecule has 0 saturated heterocycles. The van der Waals surface area contributed by atoms with Gasteiger partial charge in [0.15, 0.2) is 12.3 Å². The number of nitrogens with one attached hydrogen (secondary N) is 1. The van der Waals surface area contributed by atoms with Crippen molar-refractivity contribution < 1.29 is 18.7 Å². The molecule has 3 aromatic heterocycles. The van der Waals surface area contributed by atoms with Crippen LogP contribution in [0.3, 0.4) is 0 Å². The third-order valence-corrected chi connectivity index (χ3v) is 5.78. The van der Waals surface area contributed by atoms with Gasteiger partial charge in [0.25, 0.3) is 5.91 Å². The molecule has 0 bridgehead atoms. The Kier molecular flexibility index (Phi) is 6.91. The molecule has 0 saturated carbocycles. The average molecular weight is 482 g/mol. The SMILES string of the molecule is Cc1c(C#N)c(NC(=O)COC(=O)c2ncc(Cl)c(Cl)c2Cl)n(Cc2ccco2)c1C. The summed E-state index contributed by atoms with van der Waals surface area (Å²) in [5, 5.41) is 12.0. The standard InChI is InChI=1S/C20H15Cl3N4O4/c1-10-11(2)27(8-12-4-3-5-30-12)19(13(10)6-24)26-15(28)9-31-20(29)18-17(23)16(22)14(21)7-25-18/h3-5,7H,8-9H2,1-2H3,(H,26,28). The summed E-state index contributed by atoms with van der Waals surface area (Å²) in [6.07, 6.45) is 2.69. The highest BCUT2D eigenvalue weighted by atomic mass is 35.5. The number of nitrogens with zero attached hydrogens (tertiary/aromatic N) is 3. The molecule has 160 valence electrons. The molecule has 31 heavy (non-hydrogen) atoms. The normalized spacial score (nSPS) is 10.6. The zero-order valence-electron chi connectivity index (χ0n) is 16.3. The first-order chi connectivity index (χ1) is 14.7. The summed E-state index contributed by atoms with van der Waals surface area (Å²) in [7, 11) is 0. The zero-order chi connectivity index (χ0) is 22.7. The number of hydrogen-bond acceptors (Lipinski definition) is 6. The number of esters is 1. The predicted molar refractivity (Wildman–Crippen MR) is 115 cm³/mol. The van der Waals surface area contributed by atoms with Crippen LogP contribution in [0.5, 0.6) is 0 Å². The lowest BCUT2D eigenvalue weighted by atomic mass is 10.2. The van der Waals surface area contributed by atoms with E-state index < -0.39 is 18.5 Å².